The van der Waals surface area contributed by atoms with Gasteiger partial charge in [-0.05, 0) is 37.3 Å². The highest BCUT2D eigenvalue weighted by molar-refractivity contribution is 5.77. The zero-order chi connectivity index (χ0) is 17.5. The molecular formula is C19H23NO4. The Labute approximate surface area is 142 Å². The average Bonchev–Trinajstić information content (AvgIpc) is 2.60. The van der Waals surface area contributed by atoms with Gasteiger partial charge in [-0.15, -0.1) is 0 Å². The predicted octanol–water partition coefficient (Wildman–Crippen LogP) is 3.05. The van der Waals surface area contributed by atoms with Gasteiger partial charge in [-0.1, -0.05) is 17.7 Å². The molecule has 0 aromatic heterocycles. The Bertz CT molecular complexity index is 682. The molecule has 0 heterocycles. The monoisotopic (exact) mass is 329 g/mol. The number of likely N-dealkylation sites (N-methyl/N-ethyl adjacent to an activating group) is 1. The van der Waals surface area contributed by atoms with Crippen LogP contribution in [0, 0.1) is 6.92 Å². The van der Waals surface area contributed by atoms with Crippen molar-refractivity contribution < 1.29 is 19.0 Å². The first-order valence-electron chi connectivity index (χ1n) is 7.68. The number of carbonyl (C=O) groups is 1. The number of ether oxygens (including phenoxy) is 3. The van der Waals surface area contributed by atoms with Crippen LogP contribution in [0.1, 0.15) is 11.1 Å². The van der Waals surface area contributed by atoms with Crippen molar-refractivity contribution in [2.45, 2.75) is 13.5 Å². The number of amides is 1. The summed E-state index contributed by atoms with van der Waals surface area (Å²) in [6.45, 7) is 2.46. The summed E-state index contributed by atoms with van der Waals surface area (Å²) in [5.74, 6) is 2.05. The molecule has 0 fully saturated rings. The van der Waals surface area contributed by atoms with Crippen molar-refractivity contribution in [3.63, 3.8) is 0 Å². The Morgan fingerprint density at radius 3 is 2.29 bits per heavy atom. The highest BCUT2D eigenvalue weighted by Gasteiger charge is 2.13. The third kappa shape index (κ3) is 4.65. The lowest BCUT2D eigenvalue weighted by Gasteiger charge is -2.19. The third-order valence-corrected chi connectivity index (χ3v) is 3.69. The molecular weight excluding hydrogens is 306 g/mol. The fraction of sp³-hybridized carbons (Fsp3) is 0.316. The van der Waals surface area contributed by atoms with E-state index in [0.29, 0.717) is 12.3 Å². The number of hydrogen-bond donors (Lipinski definition) is 0. The average molecular weight is 329 g/mol. The largest absolute Gasteiger partial charge is 0.497 e. The van der Waals surface area contributed by atoms with E-state index in [4.69, 9.17) is 14.2 Å². The van der Waals surface area contributed by atoms with Gasteiger partial charge in [0.2, 0.25) is 0 Å². The van der Waals surface area contributed by atoms with E-state index in [-0.39, 0.29) is 12.5 Å². The Morgan fingerprint density at radius 2 is 1.67 bits per heavy atom. The van der Waals surface area contributed by atoms with E-state index >= 15 is 0 Å². The molecule has 0 radical (unpaired) electrons. The van der Waals surface area contributed by atoms with E-state index in [2.05, 4.69) is 0 Å². The summed E-state index contributed by atoms with van der Waals surface area (Å²) in [4.78, 5) is 13.9. The van der Waals surface area contributed by atoms with Crippen LogP contribution in [0.2, 0.25) is 0 Å². The lowest BCUT2D eigenvalue weighted by atomic mass is 10.1. The van der Waals surface area contributed by atoms with Crippen LogP contribution in [-0.2, 0) is 11.3 Å². The topological polar surface area (TPSA) is 48.0 Å². The molecule has 0 spiro atoms. The van der Waals surface area contributed by atoms with Gasteiger partial charge < -0.3 is 19.1 Å². The van der Waals surface area contributed by atoms with Gasteiger partial charge in [0.05, 0.1) is 14.2 Å². The molecule has 0 bridgehead atoms. The highest BCUT2D eigenvalue weighted by atomic mass is 16.5. The van der Waals surface area contributed by atoms with Crippen molar-refractivity contribution in [2.75, 3.05) is 27.9 Å². The molecule has 2 rings (SSSR count). The van der Waals surface area contributed by atoms with Crippen LogP contribution in [0.4, 0.5) is 0 Å². The second-order valence-corrected chi connectivity index (χ2v) is 5.53. The van der Waals surface area contributed by atoms with Gasteiger partial charge in [0.15, 0.2) is 6.61 Å². The standard InChI is InChI=1S/C19H23NO4/c1-14-5-10-18(23-4)15(11-14)12-20(2)19(21)13-24-17-8-6-16(22-3)7-9-17/h5-11H,12-13H2,1-4H3. The molecule has 0 aliphatic rings. The van der Waals surface area contributed by atoms with E-state index in [1.54, 1.807) is 50.4 Å². The van der Waals surface area contributed by atoms with Gasteiger partial charge >= 0.3 is 0 Å². The summed E-state index contributed by atoms with van der Waals surface area (Å²) in [6, 6.07) is 13.0. The van der Waals surface area contributed by atoms with Crippen molar-refractivity contribution in [2.24, 2.45) is 0 Å². The first kappa shape index (κ1) is 17.7. The predicted molar refractivity (Wildman–Crippen MR) is 92.7 cm³/mol. The maximum atomic E-state index is 12.3. The molecule has 128 valence electrons. The first-order chi connectivity index (χ1) is 11.5. The quantitative estimate of drug-likeness (QED) is 0.783. The number of carbonyl (C=O) groups excluding carboxylic acids is 1. The maximum absolute atomic E-state index is 12.3. The van der Waals surface area contributed by atoms with E-state index in [1.807, 2.05) is 25.1 Å². The Kier molecular flexibility index (Phi) is 6.07. The summed E-state index contributed by atoms with van der Waals surface area (Å²) in [6.07, 6.45) is 0. The summed E-state index contributed by atoms with van der Waals surface area (Å²) in [7, 11) is 4.98. The number of nitrogens with zero attached hydrogens (tertiary/aromatic N) is 1. The van der Waals surface area contributed by atoms with Crippen molar-refractivity contribution in [1.82, 2.24) is 4.90 Å². The molecule has 0 saturated carbocycles. The zero-order valence-electron chi connectivity index (χ0n) is 14.5. The van der Waals surface area contributed by atoms with Crippen molar-refractivity contribution in [3.05, 3.63) is 53.6 Å². The van der Waals surface area contributed by atoms with Crippen LogP contribution < -0.4 is 14.2 Å². The van der Waals surface area contributed by atoms with Gasteiger partial charge in [-0.3, -0.25) is 4.79 Å². The first-order valence-corrected chi connectivity index (χ1v) is 7.68. The molecule has 24 heavy (non-hydrogen) atoms. The van der Waals surface area contributed by atoms with Gasteiger partial charge in [-0.25, -0.2) is 0 Å². The van der Waals surface area contributed by atoms with Gasteiger partial charge in [0.1, 0.15) is 17.2 Å². The normalized spacial score (nSPS) is 10.2. The van der Waals surface area contributed by atoms with Crippen LogP contribution in [0.3, 0.4) is 0 Å². The van der Waals surface area contributed by atoms with Crippen molar-refractivity contribution in [3.8, 4) is 17.2 Å². The molecule has 0 unspecified atom stereocenters. The highest BCUT2D eigenvalue weighted by Crippen LogP contribution is 2.21. The molecule has 5 nitrogen and oxygen atoms in total. The van der Waals surface area contributed by atoms with E-state index in [9.17, 15) is 4.79 Å². The fourth-order valence-corrected chi connectivity index (χ4v) is 2.30. The van der Waals surface area contributed by atoms with Crippen LogP contribution in [0.25, 0.3) is 0 Å². The molecule has 0 aliphatic heterocycles. The number of rotatable bonds is 7. The second-order valence-electron chi connectivity index (χ2n) is 5.53. The lowest BCUT2D eigenvalue weighted by molar-refractivity contribution is -0.132. The maximum Gasteiger partial charge on any atom is 0.260 e. The third-order valence-electron chi connectivity index (χ3n) is 3.69. The van der Waals surface area contributed by atoms with Crippen LogP contribution in [0.15, 0.2) is 42.5 Å². The molecule has 5 heteroatoms. The summed E-state index contributed by atoms with van der Waals surface area (Å²) >= 11 is 0. The summed E-state index contributed by atoms with van der Waals surface area (Å²) in [5.41, 5.74) is 2.10. The van der Waals surface area contributed by atoms with Crippen LogP contribution >= 0.6 is 0 Å². The Hall–Kier alpha value is -2.69. The Morgan fingerprint density at radius 1 is 1.00 bits per heavy atom. The number of aryl methyl sites for hydroxylation is 1. The molecule has 0 N–H and O–H groups in total. The fourth-order valence-electron chi connectivity index (χ4n) is 2.30. The molecule has 0 atom stereocenters. The molecule has 0 saturated heterocycles. The molecule has 0 aliphatic carbocycles. The van der Waals surface area contributed by atoms with E-state index < -0.39 is 0 Å². The van der Waals surface area contributed by atoms with Crippen molar-refractivity contribution >= 4 is 5.91 Å². The van der Waals surface area contributed by atoms with Crippen LogP contribution in [0.5, 0.6) is 17.2 Å². The smallest absolute Gasteiger partial charge is 0.260 e. The molecule has 2 aromatic carbocycles. The summed E-state index contributed by atoms with van der Waals surface area (Å²) < 4.78 is 16.0. The van der Waals surface area contributed by atoms with E-state index in [0.717, 1.165) is 22.6 Å². The molecule has 2 aromatic rings. The minimum absolute atomic E-state index is 0.0169. The minimum atomic E-state index is -0.102. The number of methoxy groups -OCH3 is 2. The molecule has 1 amide bonds. The lowest BCUT2D eigenvalue weighted by Crippen LogP contribution is -2.31. The van der Waals surface area contributed by atoms with Gasteiger partial charge in [0, 0.05) is 19.2 Å². The zero-order valence-corrected chi connectivity index (χ0v) is 14.5. The number of hydrogen-bond acceptors (Lipinski definition) is 4. The number of benzene rings is 2. The van der Waals surface area contributed by atoms with Gasteiger partial charge in [-0.2, -0.15) is 0 Å². The van der Waals surface area contributed by atoms with Crippen molar-refractivity contribution in [1.29, 1.82) is 0 Å². The Balaban J connectivity index is 1.93. The van der Waals surface area contributed by atoms with Gasteiger partial charge in [0.25, 0.3) is 5.91 Å². The SMILES string of the molecule is COc1ccc(OCC(=O)N(C)Cc2cc(C)ccc2OC)cc1. The second kappa shape index (κ2) is 8.24. The van der Waals surface area contributed by atoms with E-state index in [1.165, 1.54) is 0 Å². The minimum Gasteiger partial charge on any atom is -0.497 e. The summed E-state index contributed by atoms with van der Waals surface area (Å²) in [5, 5.41) is 0. The van der Waals surface area contributed by atoms with Crippen LogP contribution in [-0.4, -0.2) is 38.7 Å².